The van der Waals surface area contributed by atoms with Gasteiger partial charge in [0.25, 0.3) is 0 Å². The van der Waals surface area contributed by atoms with Crippen LogP contribution in [0.2, 0.25) is 0 Å². The van der Waals surface area contributed by atoms with Crippen molar-refractivity contribution < 1.29 is 24.8 Å². The summed E-state index contributed by atoms with van der Waals surface area (Å²) >= 11 is 0. The highest BCUT2D eigenvalue weighted by Gasteiger charge is 2.39. The van der Waals surface area contributed by atoms with E-state index in [9.17, 15) is 9.90 Å². The molecule has 0 radical (unpaired) electrons. The SMILES string of the molecule is CC(C)(O)CCCC1(C)OOc2cc(C(=O)O)ccc21. The zero-order chi connectivity index (χ0) is 15.0. The third-order valence-corrected chi connectivity index (χ3v) is 3.56. The van der Waals surface area contributed by atoms with Gasteiger partial charge in [-0.25, -0.2) is 4.79 Å². The van der Waals surface area contributed by atoms with E-state index in [1.807, 2.05) is 6.92 Å². The molecular weight excluding hydrogens is 260 g/mol. The van der Waals surface area contributed by atoms with Gasteiger partial charge in [0.05, 0.1) is 11.2 Å². The van der Waals surface area contributed by atoms with Crippen molar-refractivity contribution in [2.75, 3.05) is 0 Å². The molecule has 1 atom stereocenters. The van der Waals surface area contributed by atoms with Gasteiger partial charge in [-0.05, 0) is 52.2 Å². The van der Waals surface area contributed by atoms with Crippen molar-refractivity contribution in [2.45, 2.75) is 51.2 Å². The second-order valence-electron chi connectivity index (χ2n) is 6.08. The largest absolute Gasteiger partial charge is 0.478 e. The highest BCUT2D eigenvalue weighted by Crippen LogP contribution is 2.43. The Bertz CT molecular complexity index is 517. The fraction of sp³-hybridized carbons (Fsp3) is 0.533. The number of carboxylic acid groups (broad SMARTS) is 1. The van der Waals surface area contributed by atoms with Crippen LogP contribution >= 0.6 is 0 Å². The standard InChI is InChI=1S/C15H20O5/c1-14(2,18)7-4-8-15(3)11-6-5-10(13(16)17)9-12(11)19-20-15/h5-6,9,18H,4,7-8H2,1-3H3,(H,16,17). The lowest BCUT2D eigenvalue weighted by atomic mass is 9.88. The molecule has 1 aliphatic rings. The highest BCUT2D eigenvalue weighted by atomic mass is 17.2. The zero-order valence-electron chi connectivity index (χ0n) is 12.0. The molecule has 0 aliphatic carbocycles. The highest BCUT2D eigenvalue weighted by molar-refractivity contribution is 5.88. The van der Waals surface area contributed by atoms with Crippen molar-refractivity contribution in [2.24, 2.45) is 0 Å². The summed E-state index contributed by atoms with van der Waals surface area (Å²) in [6, 6.07) is 4.75. The van der Waals surface area contributed by atoms with Crippen molar-refractivity contribution in [3.63, 3.8) is 0 Å². The van der Waals surface area contributed by atoms with E-state index >= 15 is 0 Å². The van der Waals surface area contributed by atoms with Gasteiger partial charge in [0, 0.05) is 5.56 Å². The molecule has 2 N–H and O–H groups in total. The van der Waals surface area contributed by atoms with Crippen molar-refractivity contribution in [1.82, 2.24) is 0 Å². The summed E-state index contributed by atoms with van der Waals surface area (Å²) < 4.78 is 0. The molecule has 5 heteroatoms. The average Bonchev–Trinajstić information content (AvgIpc) is 2.65. The Hall–Kier alpha value is -1.59. The Morgan fingerprint density at radius 2 is 2.10 bits per heavy atom. The maximum atomic E-state index is 10.9. The number of benzene rings is 1. The Labute approximate surface area is 118 Å². The molecule has 1 heterocycles. The summed E-state index contributed by atoms with van der Waals surface area (Å²) in [7, 11) is 0. The van der Waals surface area contributed by atoms with Crippen LogP contribution in [0.1, 0.15) is 56.0 Å². The van der Waals surface area contributed by atoms with E-state index in [1.165, 1.54) is 6.07 Å². The molecule has 0 saturated carbocycles. The Kier molecular flexibility index (Phi) is 3.75. The molecule has 0 fully saturated rings. The second-order valence-corrected chi connectivity index (χ2v) is 6.08. The van der Waals surface area contributed by atoms with Crippen LogP contribution in [-0.2, 0) is 10.5 Å². The van der Waals surface area contributed by atoms with Gasteiger partial charge in [0.15, 0.2) is 5.75 Å². The summed E-state index contributed by atoms with van der Waals surface area (Å²) in [5, 5.41) is 18.7. The summed E-state index contributed by atoms with van der Waals surface area (Å²) in [6.45, 7) is 5.45. The number of hydrogen-bond donors (Lipinski definition) is 2. The molecule has 5 nitrogen and oxygen atoms in total. The van der Waals surface area contributed by atoms with E-state index in [-0.39, 0.29) is 5.56 Å². The van der Waals surface area contributed by atoms with Gasteiger partial charge in [0.2, 0.25) is 0 Å². The van der Waals surface area contributed by atoms with Gasteiger partial charge < -0.3 is 15.1 Å². The fourth-order valence-corrected chi connectivity index (χ4v) is 2.38. The predicted octanol–water partition coefficient (Wildman–Crippen LogP) is 2.87. The molecule has 0 saturated heterocycles. The van der Waals surface area contributed by atoms with E-state index in [2.05, 4.69) is 0 Å². The van der Waals surface area contributed by atoms with Gasteiger partial charge in [0.1, 0.15) is 5.60 Å². The number of aromatic carboxylic acids is 1. The second kappa shape index (κ2) is 5.07. The lowest BCUT2D eigenvalue weighted by molar-refractivity contribution is -0.269. The van der Waals surface area contributed by atoms with E-state index in [0.717, 1.165) is 12.0 Å². The zero-order valence-corrected chi connectivity index (χ0v) is 12.0. The van der Waals surface area contributed by atoms with Gasteiger partial charge in [-0.1, -0.05) is 6.07 Å². The normalized spacial score (nSPS) is 21.4. The van der Waals surface area contributed by atoms with Crippen LogP contribution in [0, 0.1) is 0 Å². The summed E-state index contributed by atoms with van der Waals surface area (Å²) in [5.74, 6) is -0.539. The molecule has 1 unspecified atom stereocenters. The molecule has 0 spiro atoms. The predicted molar refractivity (Wildman–Crippen MR) is 72.6 cm³/mol. The molecule has 1 aromatic rings. The molecule has 110 valence electrons. The summed E-state index contributed by atoms with van der Waals surface area (Å²) in [4.78, 5) is 21.5. The molecule has 1 aromatic carbocycles. The molecular formula is C15H20O5. The molecule has 0 amide bonds. The minimum Gasteiger partial charge on any atom is -0.478 e. The molecule has 2 rings (SSSR count). The van der Waals surface area contributed by atoms with Crippen molar-refractivity contribution in [3.8, 4) is 5.75 Å². The number of carbonyl (C=O) groups is 1. The van der Waals surface area contributed by atoms with Crippen molar-refractivity contribution in [1.29, 1.82) is 0 Å². The minimum atomic E-state index is -0.993. The van der Waals surface area contributed by atoms with Crippen LogP contribution in [0.4, 0.5) is 0 Å². The number of carboxylic acids is 1. The van der Waals surface area contributed by atoms with Crippen LogP contribution in [0.5, 0.6) is 5.75 Å². The molecule has 20 heavy (non-hydrogen) atoms. The topological polar surface area (TPSA) is 76.0 Å². The van der Waals surface area contributed by atoms with E-state index in [0.29, 0.717) is 18.6 Å². The van der Waals surface area contributed by atoms with Crippen LogP contribution in [0.25, 0.3) is 0 Å². The first-order valence-electron chi connectivity index (χ1n) is 6.67. The van der Waals surface area contributed by atoms with Crippen LogP contribution in [0.15, 0.2) is 18.2 Å². The van der Waals surface area contributed by atoms with E-state index in [1.54, 1.807) is 26.0 Å². The van der Waals surface area contributed by atoms with E-state index < -0.39 is 17.2 Å². The number of aliphatic hydroxyl groups is 1. The third-order valence-electron chi connectivity index (χ3n) is 3.56. The Morgan fingerprint density at radius 3 is 2.70 bits per heavy atom. The number of rotatable bonds is 5. The first-order chi connectivity index (χ1) is 9.21. The third kappa shape index (κ3) is 3.11. The van der Waals surface area contributed by atoms with Gasteiger partial charge in [-0.15, -0.1) is 0 Å². The maximum Gasteiger partial charge on any atom is 0.335 e. The van der Waals surface area contributed by atoms with Crippen LogP contribution in [-0.4, -0.2) is 21.8 Å². The maximum absolute atomic E-state index is 10.9. The summed E-state index contributed by atoms with van der Waals surface area (Å²) in [5.41, 5.74) is -0.282. The molecule has 0 aromatic heterocycles. The van der Waals surface area contributed by atoms with E-state index in [4.69, 9.17) is 14.9 Å². The average molecular weight is 280 g/mol. The van der Waals surface area contributed by atoms with Crippen LogP contribution in [0.3, 0.4) is 0 Å². The van der Waals surface area contributed by atoms with Crippen molar-refractivity contribution in [3.05, 3.63) is 29.3 Å². The number of hydrogen-bond acceptors (Lipinski definition) is 4. The van der Waals surface area contributed by atoms with Gasteiger partial charge in [-0.2, -0.15) is 4.89 Å². The van der Waals surface area contributed by atoms with Gasteiger partial charge in [-0.3, -0.25) is 0 Å². The fourth-order valence-electron chi connectivity index (χ4n) is 2.38. The lowest BCUT2D eigenvalue weighted by Gasteiger charge is -2.23. The molecule has 1 aliphatic heterocycles. The monoisotopic (exact) mass is 280 g/mol. The smallest absolute Gasteiger partial charge is 0.335 e. The van der Waals surface area contributed by atoms with Crippen molar-refractivity contribution >= 4 is 5.97 Å². The Morgan fingerprint density at radius 1 is 1.40 bits per heavy atom. The number of fused-ring (bicyclic) bond motifs is 1. The lowest BCUT2D eigenvalue weighted by Crippen LogP contribution is -2.24. The molecule has 0 bridgehead atoms. The quantitative estimate of drug-likeness (QED) is 0.811. The van der Waals surface area contributed by atoms with Gasteiger partial charge >= 0.3 is 5.97 Å². The first kappa shape index (κ1) is 14.8. The minimum absolute atomic E-state index is 0.174. The first-order valence-corrected chi connectivity index (χ1v) is 6.67. The summed E-state index contributed by atoms with van der Waals surface area (Å²) in [6.07, 6.45) is 2.13. The van der Waals surface area contributed by atoms with Crippen LogP contribution < -0.4 is 4.89 Å². The Balaban J connectivity index is 2.12.